The Labute approximate surface area is 99.6 Å². The molecule has 0 bridgehead atoms. The van der Waals surface area contributed by atoms with Crippen molar-refractivity contribution in [3.05, 3.63) is 17.3 Å². The van der Waals surface area contributed by atoms with E-state index in [-0.39, 0.29) is 12.3 Å². The van der Waals surface area contributed by atoms with E-state index < -0.39 is 29.7 Å². The molecule has 0 aliphatic carbocycles. The van der Waals surface area contributed by atoms with Gasteiger partial charge in [0.2, 0.25) is 5.76 Å². The quantitative estimate of drug-likeness (QED) is 0.888. The van der Waals surface area contributed by atoms with E-state index in [1.807, 2.05) is 0 Å². The van der Waals surface area contributed by atoms with Crippen molar-refractivity contribution in [2.24, 2.45) is 0 Å². The molecule has 1 saturated heterocycles. The predicted molar refractivity (Wildman–Crippen MR) is 51.3 cm³/mol. The number of aromatic carboxylic acids is 1. The number of hydrogen-bond acceptors (Lipinski definition) is 4. The Bertz CT molecular complexity index is 448. The summed E-state index contributed by atoms with van der Waals surface area (Å²) in [7, 11) is 0. The lowest BCUT2D eigenvalue weighted by molar-refractivity contribution is -0.157. The topological polar surface area (TPSA) is 72.6 Å². The second-order valence-electron chi connectivity index (χ2n) is 3.95. The van der Waals surface area contributed by atoms with Gasteiger partial charge < -0.3 is 14.3 Å². The first-order valence-corrected chi connectivity index (χ1v) is 5.28. The van der Waals surface area contributed by atoms with Crippen LogP contribution in [-0.4, -0.2) is 29.3 Å². The van der Waals surface area contributed by atoms with Crippen LogP contribution in [0, 0.1) is 0 Å². The molecule has 0 saturated carbocycles. The van der Waals surface area contributed by atoms with Crippen LogP contribution in [0.4, 0.5) is 13.2 Å². The van der Waals surface area contributed by atoms with Crippen LogP contribution in [0.3, 0.4) is 0 Å². The molecule has 0 spiro atoms. The highest BCUT2D eigenvalue weighted by molar-refractivity contribution is 5.85. The molecule has 1 unspecified atom stereocenters. The van der Waals surface area contributed by atoms with Gasteiger partial charge in [0.1, 0.15) is 5.69 Å². The summed E-state index contributed by atoms with van der Waals surface area (Å²) in [4.78, 5) is 14.1. The number of nitrogens with zero attached hydrogens (tertiary/aromatic N) is 1. The van der Waals surface area contributed by atoms with Crippen molar-refractivity contribution in [1.82, 2.24) is 4.98 Å². The molecule has 0 amide bonds. The van der Waals surface area contributed by atoms with Crippen molar-refractivity contribution in [3.63, 3.8) is 0 Å². The molecule has 2 heterocycles. The van der Waals surface area contributed by atoms with Crippen LogP contribution in [0.25, 0.3) is 0 Å². The second kappa shape index (κ2) is 4.60. The van der Waals surface area contributed by atoms with Gasteiger partial charge in [-0.25, -0.2) is 9.78 Å². The van der Waals surface area contributed by atoms with Gasteiger partial charge in [-0.05, 0) is 12.8 Å². The average molecular weight is 265 g/mol. The Kier molecular flexibility index (Phi) is 3.29. The summed E-state index contributed by atoms with van der Waals surface area (Å²) in [5, 5.41) is 8.83. The third-order valence-corrected chi connectivity index (χ3v) is 2.64. The van der Waals surface area contributed by atoms with Gasteiger partial charge in [-0.1, -0.05) is 0 Å². The van der Waals surface area contributed by atoms with E-state index in [1.165, 1.54) is 0 Å². The lowest BCUT2D eigenvalue weighted by Crippen LogP contribution is -2.18. The molecule has 0 aromatic carbocycles. The molecule has 0 radical (unpaired) electrons. The third-order valence-electron chi connectivity index (χ3n) is 2.64. The number of aromatic nitrogens is 1. The molecule has 1 aromatic heterocycles. The Morgan fingerprint density at radius 1 is 1.44 bits per heavy atom. The van der Waals surface area contributed by atoms with E-state index in [0.29, 0.717) is 19.4 Å². The molecule has 5 nitrogen and oxygen atoms in total. The van der Waals surface area contributed by atoms with Crippen molar-refractivity contribution in [2.45, 2.75) is 24.9 Å². The molecular weight excluding hydrogens is 255 g/mol. The molecule has 1 aliphatic heterocycles. The fraction of sp³-hybridized carbons (Fsp3) is 0.600. The van der Waals surface area contributed by atoms with E-state index in [4.69, 9.17) is 9.84 Å². The van der Waals surface area contributed by atoms with E-state index in [1.54, 1.807) is 0 Å². The molecule has 8 heteroatoms. The first-order valence-electron chi connectivity index (χ1n) is 5.28. The van der Waals surface area contributed by atoms with E-state index in [0.717, 1.165) is 0 Å². The number of rotatable bonds is 2. The maximum absolute atomic E-state index is 12.4. The van der Waals surface area contributed by atoms with Crippen molar-refractivity contribution < 1.29 is 32.2 Å². The summed E-state index contributed by atoms with van der Waals surface area (Å²) in [6.45, 7) is 0.674. The summed E-state index contributed by atoms with van der Waals surface area (Å²) >= 11 is 0. The first kappa shape index (κ1) is 12.9. The summed E-state index contributed by atoms with van der Waals surface area (Å²) in [6.07, 6.45) is -3.61. The lowest BCUT2D eigenvalue weighted by atomic mass is 9.97. The van der Waals surface area contributed by atoms with Gasteiger partial charge in [0.05, 0.1) is 6.61 Å². The number of carbonyl (C=O) groups is 1. The number of alkyl halides is 3. The van der Waals surface area contributed by atoms with Gasteiger partial charge in [0.15, 0.2) is 0 Å². The van der Waals surface area contributed by atoms with E-state index >= 15 is 0 Å². The maximum Gasteiger partial charge on any atom is 0.468 e. The molecule has 1 atom stereocenters. The Morgan fingerprint density at radius 3 is 2.67 bits per heavy atom. The standard InChI is InChI=1S/C10H10F3NO4/c11-10(12,13)9-14-6(7(18-9)8(15)16)5-2-1-3-17-4-5/h5H,1-4H2,(H,15,16). The minimum Gasteiger partial charge on any atom is -0.475 e. The van der Waals surface area contributed by atoms with Crippen LogP contribution in [0.5, 0.6) is 0 Å². The molecular formula is C10H10F3NO4. The summed E-state index contributed by atoms with van der Waals surface area (Å²) in [6, 6.07) is 0. The SMILES string of the molecule is O=C(O)c1oc(C(F)(F)F)nc1C1CCCOC1. The third kappa shape index (κ3) is 2.47. The smallest absolute Gasteiger partial charge is 0.468 e. The average Bonchev–Trinajstić information content (AvgIpc) is 2.74. The monoisotopic (exact) mass is 265 g/mol. The minimum atomic E-state index is -4.79. The van der Waals surface area contributed by atoms with Gasteiger partial charge in [0.25, 0.3) is 0 Å². The van der Waals surface area contributed by atoms with Crippen LogP contribution >= 0.6 is 0 Å². The zero-order chi connectivity index (χ0) is 13.3. The van der Waals surface area contributed by atoms with Gasteiger partial charge in [-0.2, -0.15) is 13.2 Å². The number of hydrogen-bond donors (Lipinski definition) is 1. The van der Waals surface area contributed by atoms with Gasteiger partial charge in [0, 0.05) is 12.5 Å². The van der Waals surface area contributed by atoms with Gasteiger partial charge >= 0.3 is 18.0 Å². The van der Waals surface area contributed by atoms with Crippen molar-refractivity contribution >= 4 is 5.97 Å². The number of oxazole rings is 1. The highest BCUT2D eigenvalue weighted by Gasteiger charge is 2.41. The summed E-state index contributed by atoms with van der Waals surface area (Å²) in [5.41, 5.74) is -0.186. The highest BCUT2D eigenvalue weighted by atomic mass is 19.4. The fourth-order valence-electron chi connectivity index (χ4n) is 1.84. The van der Waals surface area contributed by atoms with Crippen LogP contribution in [0.2, 0.25) is 0 Å². The van der Waals surface area contributed by atoms with Crippen molar-refractivity contribution in [2.75, 3.05) is 13.2 Å². The van der Waals surface area contributed by atoms with E-state index in [2.05, 4.69) is 9.40 Å². The van der Waals surface area contributed by atoms with E-state index in [9.17, 15) is 18.0 Å². The molecule has 1 N–H and O–H groups in total. The number of ether oxygens (including phenoxy) is 1. The second-order valence-corrected chi connectivity index (χ2v) is 3.95. The van der Waals surface area contributed by atoms with Crippen molar-refractivity contribution in [1.29, 1.82) is 0 Å². The van der Waals surface area contributed by atoms with Crippen LogP contribution in [0.1, 0.15) is 40.9 Å². The maximum atomic E-state index is 12.4. The molecule has 18 heavy (non-hydrogen) atoms. The van der Waals surface area contributed by atoms with Crippen LogP contribution in [0.15, 0.2) is 4.42 Å². The van der Waals surface area contributed by atoms with Crippen LogP contribution in [-0.2, 0) is 10.9 Å². The van der Waals surface area contributed by atoms with Gasteiger partial charge in [-0.3, -0.25) is 0 Å². The predicted octanol–water partition coefficient (Wildman–Crippen LogP) is 2.29. The normalized spacial score (nSPS) is 20.9. The number of carboxylic acids is 1. The Morgan fingerprint density at radius 2 is 2.17 bits per heavy atom. The number of carboxylic acid groups (broad SMARTS) is 1. The highest BCUT2D eigenvalue weighted by Crippen LogP contribution is 2.34. The largest absolute Gasteiger partial charge is 0.475 e. The number of halogens is 3. The Hall–Kier alpha value is -1.57. The van der Waals surface area contributed by atoms with Crippen molar-refractivity contribution in [3.8, 4) is 0 Å². The molecule has 1 fully saturated rings. The summed E-state index contributed by atoms with van der Waals surface area (Å²) < 4.78 is 46.7. The Balaban J connectivity index is 2.38. The van der Waals surface area contributed by atoms with Crippen LogP contribution < -0.4 is 0 Å². The molecule has 100 valence electrons. The summed E-state index contributed by atoms with van der Waals surface area (Å²) in [5.74, 6) is -4.30. The molecule has 1 aromatic rings. The molecule has 1 aliphatic rings. The fourth-order valence-corrected chi connectivity index (χ4v) is 1.84. The first-order chi connectivity index (χ1) is 8.39. The molecule has 2 rings (SSSR count). The van der Waals surface area contributed by atoms with Gasteiger partial charge in [-0.15, -0.1) is 0 Å². The minimum absolute atomic E-state index is 0.157. The lowest BCUT2D eigenvalue weighted by Gasteiger charge is -2.20. The zero-order valence-electron chi connectivity index (χ0n) is 9.16. The zero-order valence-corrected chi connectivity index (χ0v) is 9.16.